The Labute approximate surface area is 198 Å². The van der Waals surface area contributed by atoms with E-state index < -0.39 is 0 Å². The van der Waals surface area contributed by atoms with E-state index in [0.717, 1.165) is 32.2 Å². The summed E-state index contributed by atoms with van der Waals surface area (Å²) in [5, 5.41) is 10.2. The number of hydrogen-bond acceptors (Lipinski definition) is 6. The molecule has 0 aromatic carbocycles. The molecule has 6 heteroatoms. The fourth-order valence-corrected chi connectivity index (χ4v) is 4.42. The molecule has 2 aliphatic heterocycles. The van der Waals surface area contributed by atoms with E-state index in [9.17, 15) is 9.90 Å². The Kier molecular flexibility index (Phi) is 13.5. The van der Waals surface area contributed by atoms with E-state index in [-0.39, 0.29) is 23.6 Å². The van der Waals surface area contributed by atoms with Gasteiger partial charge in [-0.3, -0.25) is 9.80 Å². The van der Waals surface area contributed by atoms with Gasteiger partial charge in [0, 0.05) is 18.5 Å². The van der Waals surface area contributed by atoms with Crippen LogP contribution in [0.2, 0.25) is 0 Å². The van der Waals surface area contributed by atoms with Crippen LogP contribution in [0.25, 0.3) is 0 Å². The van der Waals surface area contributed by atoms with E-state index in [2.05, 4.69) is 37.6 Å². The van der Waals surface area contributed by atoms with Gasteiger partial charge in [-0.2, -0.15) is 0 Å². The number of ether oxygens (including phenoxy) is 2. The largest absolute Gasteiger partial charge is 0.393 e. The molecular weight excluding hydrogens is 404 g/mol. The second-order valence-electron chi connectivity index (χ2n) is 10.6. The van der Waals surface area contributed by atoms with Gasteiger partial charge in [0.05, 0.1) is 19.3 Å². The van der Waals surface area contributed by atoms with Crippen LogP contribution in [-0.4, -0.2) is 78.1 Å². The lowest BCUT2D eigenvalue weighted by atomic mass is 10.0. The fourth-order valence-electron chi connectivity index (χ4n) is 4.42. The molecule has 0 bridgehead atoms. The van der Waals surface area contributed by atoms with Crippen LogP contribution in [0.3, 0.4) is 0 Å². The third-order valence-corrected chi connectivity index (χ3v) is 7.36. The number of unbranched alkanes of at least 4 members (excludes halogenated alkanes) is 7. The van der Waals surface area contributed by atoms with E-state index in [1.54, 1.807) is 0 Å². The third-order valence-electron chi connectivity index (χ3n) is 7.36. The molecule has 3 atom stereocenters. The van der Waals surface area contributed by atoms with E-state index in [1.807, 2.05) is 20.9 Å². The van der Waals surface area contributed by atoms with Crippen LogP contribution >= 0.6 is 0 Å². The normalized spacial score (nSPS) is 26.0. The molecule has 2 unspecified atom stereocenters. The molecule has 0 aromatic rings. The summed E-state index contributed by atoms with van der Waals surface area (Å²) < 4.78 is 11.3. The van der Waals surface area contributed by atoms with Crippen molar-refractivity contribution in [1.82, 2.24) is 9.80 Å². The molecule has 0 aliphatic carbocycles. The number of rotatable bonds is 13. The maximum atomic E-state index is 10.2. The van der Waals surface area contributed by atoms with Crippen molar-refractivity contribution < 1.29 is 19.4 Å². The highest BCUT2D eigenvalue weighted by molar-refractivity contribution is 5.50. The number of hydrogen-bond donors (Lipinski definition) is 1. The second-order valence-corrected chi connectivity index (χ2v) is 10.6. The van der Waals surface area contributed by atoms with Crippen molar-refractivity contribution in [2.45, 2.75) is 135 Å². The number of aldehydes is 1. The highest BCUT2D eigenvalue weighted by Gasteiger charge is 2.38. The molecule has 2 saturated heterocycles. The first-order chi connectivity index (χ1) is 15.0. The molecule has 2 rings (SSSR count). The predicted octanol–water partition coefficient (Wildman–Crippen LogP) is 4.98. The lowest BCUT2D eigenvalue weighted by Gasteiger charge is -2.30. The van der Waals surface area contributed by atoms with E-state index in [1.165, 1.54) is 44.9 Å². The maximum Gasteiger partial charge on any atom is 0.121 e. The van der Waals surface area contributed by atoms with Crippen molar-refractivity contribution in [3.05, 3.63) is 0 Å². The van der Waals surface area contributed by atoms with Gasteiger partial charge in [-0.05, 0) is 54.6 Å². The van der Waals surface area contributed by atoms with Crippen LogP contribution in [-0.2, 0) is 14.3 Å². The van der Waals surface area contributed by atoms with Crippen molar-refractivity contribution in [2.75, 3.05) is 27.3 Å². The molecule has 32 heavy (non-hydrogen) atoms. The molecule has 0 amide bonds. The number of carbonyl (C=O) groups excluding carboxylic acids is 1. The number of likely N-dealkylation sites (N-methyl/N-ethyl adjacent to an activating group) is 2. The average molecular weight is 457 g/mol. The maximum absolute atomic E-state index is 10.2. The minimum atomic E-state index is -0.201. The van der Waals surface area contributed by atoms with Gasteiger partial charge in [-0.15, -0.1) is 0 Å². The highest BCUT2D eigenvalue weighted by Crippen LogP contribution is 2.28. The standard InChI is InChI=1S/C18H37NO2.C8H15NO2/c1-5-6-7-8-9-10-11-12-13-17(20)14-16-15-21-18(2,3)19(16)4;1-8(2)9(3)7(4-5-10)6-11-8/h16-17,20H,5-15H2,1-4H3;5,7H,4,6H2,1-3H3/t;7-/m.1/s1. The average Bonchev–Trinajstić information content (AvgIpc) is 3.14. The Balaban J connectivity index is 0.000000389. The van der Waals surface area contributed by atoms with Crippen LogP contribution in [0.4, 0.5) is 0 Å². The minimum Gasteiger partial charge on any atom is -0.393 e. The lowest BCUT2D eigenvalue weighted by Crippen LogP contribution is -2.41. The molecule has 6 nitrogen and oxygen atoms in total. The zero-order valence-electron chi connectivity index (χ0n) is 22.1. The van der Waals surface area contributed by atoms with E-state index in [0.29, 0.717) is 19.1 Å². The Morgan fingerprint density at radius 2 is 1.34 bits per heavy atom. The first kappa shape index (κ1) is 29.5. The molecule has 0 radical (unpaired) electrons. The summed E-state index contributed by atoms with van der Waals surface area (Å²) in [6.45, 7) is 11.9. The molecule has 2 aliphatic rings. The van der Waals surface area contributed by atoms with Gasteiger partial charge in [-0.1, -0.05) is 58.3 Å². The van der Waals surface area contributed by atoms with Crippen molar-refractivity contribution in [1.29, 1.82) is 0 Å². The molecule has 0 aromatic heterocycles. The zero-order valence-corrected chi connectivity index (χ0v) is 22.1. The Bertz CT molecular complexity index is 512. The summed E-state index contributed by atoms with van der Waals surface area (Å²) in [7, 11) is 4.09. The summed E-state index contributed by atoms with van der Waals surface area (Å²) >= 11 is 0. The monoisotopic (exact) mass is 456 g/mol. The van der Waals surface area contributed by atoms with Gasteiger partial charge in [0.1, 0.15) is 17.7 Å². The summed E-state index contributed by atoms with van der Waals surface area (Å²) in [4.78, 5) is 14.6. The molecule has 0 saturated carbocycles. The molecule has 0 spiro atoms. The lowest BCUT2D eigenvalue weighted by molar-refractivity contribution is -0.108. The first-order valence-corrected chi connectivity index (χ1v) is 12.9. The SMILES string of the molecule is CCCCCCCCCCC(O)CC1COC(C)(C)N1C.CN1[C@H](CC=O)COC1(C)C. The van der Waals surface area contributed by atoms with Gasteiger partial charge in [0.2, 0.25) is 0 Å². The van der Waals surface area contributed by atoms with Gasteiger partial charge < -0.3 is 19.4 Å². The minimum absolute atomic E-state index is 0.171. The van der Waals surface area contributed by atoms with Crippen molar-refractivity contribution >= 4 is 6.29 Å². The smallest absolute Gasteiger partial charge is 0.121 e. The number of aliphatic hydroxyl groups is 1. The Morgan fingerprint density at radius 1 is 0.875 bits per heavy atom. The van der Waals surface area contributed by atoms with Crippen LogP contribution in [0, 0.1) is 0 Å². The molecule has 2 fully saturated rings. The highest BCUT2D eigenvalue weighted by atomic mass is 16.5. The molecule has 1 N–H and O–H groups in total. The molecular formula is C26H52N2O4. The van der Waals surface area contributed by atoms with Crippen molar-refractivity contribution in [2.24, 2.45) is 0 Å². The first-order valence-electron chi connectivity index (χ1n) is 12.9. The quantitative estimate of drug-likeness (QED) is 0.312. The van der Waals surface area contributed by atoms with E-state index >= 15 is 0 Å². The van der Waals surface area contributed by atoms with Crippen LogP contribution in [0.1, 0.15) is 105 Å². The van der Waals surface area contributed by atoms with Gasteiger partial charge in [0.25, 0.3) is 0 Å². The zero-order chi connectivity index (χ0) is 24.2. The molecule has 190 valence electrons. The Morgan fingerprint density at radius 3 is 1.78 bits per heavy atom. The van der Waals surface area contributed by atoms with Gasteiger partial charge in [0.15, 0.2) is 0 Å². The number of aliphatic hydroxyl groups excluding tert-OH is 1. The van der Waals surface area contributed by atoms with Crippen molar-refractivity contribution in [3.63, 3.8) is 0 Å². The summed E-state index contributed by atoms with van der Waals surface area (Å²) in [5.41, 5.74) is -0.378. The molecule has 2 heterocycles. The van der Waals surface area contributed by atoms with Gasteiger partial charge >= 0.3 is 0 Å². The summed E-state index contributed by atoms with van der Waals surface area (Å²) in [6.07, 6.45) is 13.7. The van der Waals surface area contributed by atoms with Crippen LogP contribution in [0.5, 0.6) is 0 Å². The fraction of sp³-hybridized carbons (Fsp3) is 0.962. The van der Waals surface area contributed by atoms with Crippen molar-refractivity contribution in [3.8, 4) is 0 Å². The second kappa shape index (κ2) is 14.7. The number of carbonyl (C=O) groups is 1. The predicted molar refractivity (Wildman–Crippen MR) is 132 cm³/mol. The number of nitrogens with zero attached hydrogens (tertiary/aromatic N) is 2. The summed E-state index contributed by atoms with van der Waals surface area (Å²) in [6, 6.07) is 0.631. The topological polar surface area (TPSA) is 62.2 Å². The summed E-state index contributed by atoms with van der Waals surface area (Å²) in [5.74, 6) is 0. The van der Waals surface area contributed by atoms with Crippen LogP contribution < -0.4 is 0 Å². The third kappa shape index (κ3) is 10.2. The van der Waals surface area contributed by atoms with Crippen LogP contribution in [0.15, 0.2) is 0 Å². The van der Waals surface area contributed by atoms with E-state index in [4.69, 9.17) is 9.47 Å². The Hall–Kier alpha value is -0.530. The van der Waals surface area contributed by atoms with Gasteiger partial charge in [-0.25, -0.2) is 0 Å².